The molecule has 3 N–H and O–H groups in total. The van der Waals surface area contributed by atoms with Crippen LogP contribution in [0.3, 0.4) is 0 Å². The normalized spacial score (nSPS) is 19.4. The van der Waals surface area contributed by atoms with E-state index in [-0.39, 0.29) is 6.15 Å². The average Bonchev–Trinajstić information content (AvgIpc) is 3.41. The Labute approximate surface area is 164 Å². The number of hydrogen-bond acceptors (Lipinski definition) is 4. The zero-order chi connectivity index (χ0) is 18.4. The first-order valence-electron chi connectivity index (χ1n) is 10.9. The second-order valence-corrected chi connectivity index (χ2v) is 11.0. The molecule has 0 aliphatic heterocycles. The molecule has 2 unspecified atom stereocenters. The Morgan fingerprint density at radius 2 is 1.04 bits per heavy atom. The van der Waals surface area contributed by atoms with Gasteiger partial charge in [-0.15, -0.1) is 0 Å². The Balaban J connectivity index is 0.00000625. The molecule has 0 amide bonds. The Kier molecular flexibility index (Phi) is 16.1. The molecule has 0 aromatic carbocycles. The van der Waals surface area contributed by atoms with E-state index in [2.05, 4.69) is 6.92 Å². The van der Waals surface area contributed by atoms with Gasteiger partial charge in [-0.25, -0.2) is 0 Å². The lowest BCUT2D eigenvalue weighted by atomic mass is 10.0. The molecule has 5 heteroatoms. The standard InChI is InChI=1S/C21H44O3Si.H3N/c1-5-6-7-8-9-10-11-12-13-14-15-16-17-18-20-19-21(20)25(22-2,23-3)24-4;/h20-21H,5-19H2,1-4H3;1H3. The predicted molar refractivity (Wildman–Crippen MR) is 114 cm³/mol. The van der Waals surface area contributed by atoms with Crippen molar-refractivity contribution in [2.75, 3.05) is 21.3 Å². The van der Waals surface area contributed by atoms with E-state index >= 15 is 0 Å². The van der Waals surface area contributed by atoms with E-state index in [9.17, 15) is 0 Å². The molecular formula is C21H47NO3Si. The Morgan fingerprint density at radius 1 is 0.654 bits per heavy atom. The molecule has 158 valence electrons. The van der Waals surface area contributed by atoms with Gasteiger partial charge in [-0.05, 0) is 12.3 Å². The van der Waals surface area contributed by atoms with Gasteiger partial charge in [-0.3, -0.25) is 0 Å². The first-order valence-corrected chi connectivity index (χ1v) is 12.7. The molecule has 2 atom stereocenters. The van der Waals surface area contributed by atoms with Crippen LogP contribution in [0, 0.1) is 5.92 Å². The van der Waals surface area contributed by atoms with Gasteiger partial charge < -0.3 is 19.4 Å². The highest BCUT2D eigenvalue weighted by Crippen LogP contribution is 2.54. The van der Waals surface area contributed by atoms with Gasteiger partial charge in [-0.2, -0.15) is 0 Å². The maximum absolute atomic E-state index is 5.60. The third-order valence-electron chi connectivity index (χ3n) is 5.91. The van der Waals surface area contributed by atoms with Crippen LogP contribution in [0.15, 0.2) is 0 Å². The molecular weight excluding hydrogens is 342 g/mol. The molecule has 0 heterocycles. The van der Waals surface area contributed by atoms with Crippen molar-refractivity contribution in [2.45, 2.75) is 109 Å². The quantitative estimate of drug-likeness (QED) is 0.204. The maximum atomic E-state index is 5.60. The van der Waals surface area contributed by atoms with Crippen molar-refractivity contribution in [3.05, 3.63) is 0 Å². The highest BCUT2D eigenvalue weighted by molar-refractivity contribution is 6.63. The van der Waals surface area contributed by atoms with Crippen LogP contribution in [0.5, 0.6) is 0 Å². The maximum Gasteiger partial charge on any atom is 0.503 e. The average molecular weight is 390 g/mol. The summed E-state index contributed by atoms with van der Waals surface area (Å²) < 4.78 is 16.8. The molecule has 0 aromatic heterocycles. The first-order chi connectivity index (χ1) is 12.2. The smallest absolute Gasteiger partial charge is 0.377 e. The van der Waals surface area contributed by atoms with E-state index in [1.54, 1.807) is 21.3 Å². The van der Waals surface area contributed by atoms with Gasteiger partial charge in [-0.1, -0.05) is 96.8 Å². The summed E-state index contributed by atoms with van der Waals surface area (Å²) in [6, 6.07) is 0. The lowest BCUT2D eigenvalue weighted by molar-refractivity contribution is 0.120. The molecule has 0 spiro atoms. The summed E-state index contributed by atoms with van der Waals surface area (Å²) in [7, 11) is 2.86. The highest BCUT2D eigenvalue weighted by Gasteiger charge is 2.59. The van der Waals surface area contributed by atoms with Crippen molar-refractivity contribution < 1.29 is 13.3 Å². The minimum Gasteiger partial charge on any atom is -0.377 e. The van der Waals surface area contributed by atoms with Crippen LogP contribution >= 0.6 is 0 Å². The zero-order valence-electron chi connectivity index (χ0n) is 18.2. The van der Waals surface area contributed by atoms with Crippen LogP contribution in [0.2, 0.25) is 5.54 Å². The molecule has 0 saturated heterocycles. The fourth-order valence-corrected chi connectivity index (χ4v) is 6.87. The van der Waals surface area contributed by atoms with Crippen LogP contribution in [0.1, 0.15) is 103 Å². The topological polar surface area (TPSA) is 62.7 Å². The van der Waals surface area contributed by atoms with Gasteiger partial charge >= 0.3 is 8.80 Å². The summed E-state index contributed by atoms with van der Waals surface area (Å²) in [6.45, 7) is 2.29. The van der Waals surface area contributed by atoms with Crippen molar-refractivity contribution >= 4 is 8.80 Å². The third kappa shape index (κ3) is 9.84. The fourth-order valence-electron chi connectivity index (χ4n) is 4.13. The molecule has 0 aromatic rings. The lowest BCUT2D eigenvalue weighted by Crippen LogP contribution is -2.44. The van der Waals surface area contributed by atoms with Crippen LogP contribution in [-0.4, -0.2) is 30.1 Å². The van der Waals surface area contributed by atoms with Crippen LogP contribution in [0.4, 0.5) is 0 Å². The minimum atomic E-state index is -2.35. The molecule has 1 fully saturated rings. The van der Waals surface area contributed by atoms with Crippen molar-refractivity contribution in [1.82, 2.24) is 6.15 Å². The van der Waals surface area contributed by atoms with Gasteiger partial charge in [0, 0.05) is 26.9 Å². The van der Waals surface area contributed by atoms with E-state index in [1.165, 1.54) is 96.3 Å². The second-order valence-electron chi connectivity index (χ2n) is 7.85. The summed E-state index contributed by atoms with van der Waals surface area (Å²) in [5.74, 6) is 0.777. The summed E-state index contributed by atoms with van der Waals surface area (Å²) in [5, 5.41) is 0. The Hall–Kier alpha value is 0.0569. The lowest BCUT2D eigenvalue weighted by Gasteiger charge is -2.24. The van der Waals surface area contributed by atoms with Gasteiger partial charge in [0.25, 0.3) is 0 Å². The summed E-state index contributed by atoms with van der Waals surface area (Å²) >= 11 is 0. The fraction of sp³-hybridized carbons (Fsp3) is 1.00. The largest absolute Gasteiger partial charge is 0.503 e. The van der Waals surface area contributed by atoms with Gasteiger partial charge in [0.15, 0.2) is 0 Å². The number of hydrogen-bond donors (Lipinski definition) is 1. The molecule has 0 bridgehead atoms. The molecule has 1 aliphatic carbocycles. The van der Waals surface area contributed by atoms with E-state index < -0.39 is 8.80 Å². The Morgan fingerprint density at radius 3 is 1.42 bits per heavy atom. The van der Waals surface area contributed by atoms with E-state index in [1.807, 2.05) is 0 Å². The van der Waals surface area contributed by atoms with Crippen molar-refractivity contribution in [3.8, 4) is 0 Å². The van der Waals surface area contributed by atoms with Gasteiger partial charge in [0.05, 0.1) is 0 Å². The predicted octanol–water partition coefficient (Wildman–Crippen LogP) is 6.90. The highest BCUT2D eigenvalue weighted by atomic mass is 28.4. The zero-order valence-corrected chi connectivity index (χ0v) is 19.2. The molecule has 1 rings (SSSR count). The van der Waals surface area contributed by atoms with Crippen molar-refractivity contribution in [1.29, 1.82) is 0 Å². The molecule has 0 radical (unpaired) electrons. The molecule has 26 heavy (non-hydrogen) atoms. The van der Waals surface area contributed by atoms with Gasteiger partial charge in [0.2, 0.25) is 0 Å². The van der Waals surface area contributed by atoms with E-state index in [0.29, 0.717) is 5.54 Å². The summed E-state index contributed by atoms with van der Waals surface area (Å²) in [4.78, 5) is 0. The molecule has 4 nitrogen and oxygen atoms in total. The van der Waals surface area contributed by atoms with Crippen molar-refractivity contribution in [2.24, 2.45) is 5.92 Å². The summed E-state index contributed by atoms with van der Waals surface area (Å²) in [5.41, 5.74) is 0.546. The van der Waals surface area contributed by atoms with Crippen molar-refractivity contribution in [3.63, 3.8) is 0 Å². The molecule has 1 aliphatic rings. The Bertz CT molecular complexity index is 305. The first kappa shape index (κ1) is 26.1. The van der Waals surface area contributed by atoms with Crippen LogP contribution in [-0.2, 0) is 13.3 Å². The molecule has 1 saturated carbocycles. The van der Waals surface area contributed by atoms with E-state index in [0.717, 1.165) is 5.92 Å². The SMILES string of the molecule is CCCCCCCCCCCCCCCC1CC1[Si](OC)(OC)OC.N. The number of unbranched alkanes of at least 4 members (excludes halogenated alkanes) is 12. The third-order valence-corrected chi connectivity index (χ3v) is 9.23. The van der Waals surface area contributed by atoms with Gasteiger partial charge in [0.1, 0.15) is 0 Å². The summed E-state index contributed by atoms with van der Waals surface area (Å²) in [6.07, 6.45) is 21.1. The second kappa shape index (κ2) is 16.1. The van der Waals surface area contributed by atoms with Crippen LogP contribution < -0.4 is 6.15 Å². The number of rotatable bonds is 18. The van der Waals surface area contributed by atoms with Crippen LogP contribution in [0.25, 0.3) is 0 Å². The van der Waals surface area contributed by atoms with E-state index in [4.69, 9.17) is 13.3 Å². The monoisotopic (exact) mass is 389 g/mol. The minimum absolute atomic E-state index is 0.